The average molecular weight is 252 g/mol. The lowest BCUT2D eigenvalue weighted by Gasteiger charge is -2.27. The summed E-state index contributed by atoms with van der Waals surface area (Å²) < 4.78 is 0. The summed E-state index contributed by atoms with van der Waals surface area (Å²) in [5.41, 5.74) is 0. The van der Waals surface area contributed by atoms with Crippen molar-refractivity contribution < 1.29 is 9.59 Å². The van der Waals surface area contributed by atoms with E-state index in [4.69, 9.17) is 0 Å². The Morgan fingerprint density at radius 3 is 2.78 bits per heavy atom. The van der Waals surface area contributed by atoms with E-state index in [1.807, 2.05) is 0 Å². The third-order valence-electron chi connectivity index (χ3n) is 4.12. The number of hydrogen-bond acceptors (Lipinski definition) is 2. The van der Waals surface area contributed by atoms with E-state index in [0.29, 0.717) is 19.5 Å². The van der Waals surface area contributed by atoms with Crippen molar-refractivity contribution in [2.24, 2.45) is 5.92 Å². The number of amides is 2. The summed E-state index contributed by atoms with van der Waals surface area (Å²) in [6, 6.07) is 0. The highest BCUT2D eigenvalue weighted by molar-refractivity contribution is 5.85. The number of nitrogens with one attached hydrogen (secondary N) is 1. The van der Waals surface area contributed by atoms with Crippen molar-refractivity contribution in [3.63, 3.8) is 0 Å². The van der Waals surface area contributed by atoms with Crippen molar-refractivity contribution in [1.29, 1.82) is 0 Å². The van der Waals surface area contributed by atoms with Crippen LogP contribution in [0.5, 0.6) is 0 Å². The third-order valence-corrected chi connectivity index (χ3v) is 4.12. The molecule has 0 aromatic rings. The fourth-order valence-electron chi connectivity index (χ4n) is 3.03. The normalized spacial score (nSPS) is 21.8. The summed E-state index contributed by atoms with van der Waals surface area (Å²) in [6.07, 6.45) is 9.60. The number of carbonyl (C=O) groups excluding carboxylic acids is 2. The molecule has 0 bridgehead atoms. The highest BCUT2D eigenvalue weighted by Gasteiger charge is 2.21. The van der Waals surface area contributed by atoms with Gasteiger partial charge in [-0.25, -0.2) is 0 Å². The average Bonchev–Trinajstić information content (AvgIpc) is 2.40. The molecule has 1 heterocycles. The maximum Gasteiger partial charge on any atom is 0.239 e. The van der Waals surface area contributed by atoms with Gasteiger partial charge in [0.15, 0.2) is 0 Å². The fraction of sp³-hybridized carbons (Fsp3) is 0.857. The zero-order chi connectivity index (χ0) is 12.8. The Labute approximate surface area is 109 Å². The first-order chi connectivity index (χ1) is 8.75. The predicted molar refractivity (Wildman–Crippen MR) is 70.0 cm³/mol. The summed E-state index contributed by atoms with van der Waals surface area (Å²) in [4.78, 5) is 24.8. The van der Waals surface area contributed by atoms with Crippen molar-refractivity contribution in [1.82, 2.24) is 10.2 Å². The molecule has 0 aromatic heterocycles. The van der Waals surface area contributed by atoms with E-state index in [1.54, 1.807) is 4.90 Å². The number of hydrogen-bond donors (Lipinski definition) is 1. The van der Waals surface area contributed by atoms with Crippen LogP contribution < -0.4 is 5.32 Å². The molecule has 1 saturated carbocycles. The van der Waals surface area contributed by atoms with Crippen LogP contribution in [0.2, 0.25) is 0 Å². The molecule has 102 valence electrons. The predicted octanol–water partition coefficient (Wildman–Crippen LogP) is 1.70. The number of rotatable bonds is 4. The Balaban J connectivity index is 1.63. The molecule has 2 amide bonds. The van der Waals surface area contributed by atoms with Crippen molar-refractivity contribution in [3.05, 3.63) is 0 Å². The standard InChI is InChI=1S/C14H24N2O2/c17-13-11-16(10-9-15-13)14(18)8-4-7-12-5-2-1-3-6-12/h12H,1-11H2,(H,15,17). The van der Waals surface area contributed by atoms with Gasteiger partial charge in [0, 0.05) is 19.5 Å². The van der Waals surface area contributed by atoms with Crippen molar-refractivity contribution in [2.75, 3.05) is 19.6 Å². The first kappa shape index (κ1) is 13.4. The summed E-state index contributed by atoms with van der Waals surface area (Å²) in [7, 11) is 0. The molecular formula is C14H24N2O2. The van der Waals surface area contributed by atoms with Gasteiger partial charge in [0.25, 0.3) is 0 Å². The van der Waals surface area contributed by atoms with Gasteiger partial charge in [0.05, 0.1) is 6.54 Å². The molecule has 2 fully saturated rings. The lowest BCUT2D eigenvalue weighted by atomic mass is 9.86. The molecule has 2 aliphatic rings. The molecule has 0 spiro atoms. The summed E-state index contributed by atoms with van der Waals surface area (Å²) in [6.45, 7) is 1.53. The molecular weight excluding hydrogens is 228 g/mol. The Kier molecular flexibility index (Phi) is 5.02. The number of nitrogens with zero attached hydrogens (tertiary/aromatic N) is 1. The van der Waals surface area contributed by atoms with Crippen LogP contribution in [-0.4, -0.2) is 36.3 Å². The minimum atomic E-state index is -0.0260. The molecule has 0 aromatic carbocycles. The monoisotopic (exact) mass is 252 g/mol. The Morgan fingerprint density at radius 1 is 1.28 bits per heavy atom. The molecule has 1 N–H and O–H groups in total. The molecule has 1 aliphatic carbocycles. The van der Waals surface area contributed by atoms with Crippen LogP contribution in [0.1, 0.15) is 51.4 Å². The van der Waals surface area contributed by atoms with Crippen LogP contribution in [0.15, 0.2) is 0 Å². The minimum Gasteiger partial charge on any atom is -0.353 e. The van der Waals surface area contributed by atoms with E-state index in [0.717, 1.165) is 12.3 Å². The van der Waals surface area contributed by atoms with Gasteiger partial charge in [0.1, 0.15) is 0 Å². The second-order valence-electron chi connectivity index (χ2n) is 5.56. The van der Waals surface area contributed by atoms with Crippen LogP contribution >= 0.6 is 0 Å². The van der Waals surface area contributed by atoms with Gasteiger partial charge >= 0.3 is 0 Å². The maximum atomic E-state index is 11.9. The van der Waals surface area contributed by atoms with Gasteiger partial charge in [0.2, 0.25) is 11.8 Å². The zero-order valence-electron chi connectivity index (χ0n) is 11.1. The van der Waals surface area contributed by atoms with Gasteiger partial charge in [-0.15, -0.1) is 0 Å². The molecule has 0 unspecified atom stereocenters. The SMILES string of the molecule is O=C1CN(C(=O)CCCC2CCCCC2)CCN1. The van der Waals surface area contributed by atoms with Crippen LogP contribution in [0.25, 0.3) is 0 Å². The van der Waals surface area contributed by atoms with Crippen LogP contribution in [0.3, 0.4) is 0 Å². The van der Waals surface area contributed by atoms with E-state index < -0.39 is 0 Å². The molecule has 0 atom stereocenters. The molecule has 4 nitrogen and oxygen atoms in total. The smallest absolute Gasteiger partial charge is 0.239 e. The second-order valence-corrected chi connectivity index (χ2v) is 5.56. The summed E-state index contributed by atoms with van der Waals surface area (Å²) >= 11 is 0. The van der Waals surface area contributed by atoms with Crippen molar-refractivity contribution in [2.45, 2.75) is 51.4 Å². The molecule has 0 radical (unpaired) electrons. The molecule has 1 saturated heterocycles. The zero-order valence-corrected chi connectivity index (χ0v) is 11.1. The first-order valence-electron chi connectivity index (χ1n) is 7.30. The Hall–Kier alpha value is -1.06. The van der Waals surface area contributed by atoms with Crippen LogP contribution in [0, 0.1) is 5.92 Å². The van der Waals surface area contributed by atoms with Gasteiger partial charge in [-0.1, -0.05) is 32.1 Å². The van der Waals surface area contributed by atoms with E-state index in [9.17, 15) is 9.59 Å². The molecule has 2 rings (SSSR count). The fourth-order valence-corrected chi connectivity index (χ4v) is 3.03. The molecule has 1 aliphatic heterocycles. The quantitative estimate of drug-likeness (QED) is 0.828. The highest BCUT2D eigenvalue weighted by atomic mass is 16.2. The van der Waals surface area contributed by atoms with Crippen molar-refractivity contribution in [3.8, 4) is 0 Å². The van der Waals surface area contributed by atoms with Crippen LogP contribution in [-0.2, 0) is 9.59 Å². The minimum absolute atomic E-state index is 0.0260. The van der Waals surface area contributed by atoms with E-state index in [1.165, 1.54) is 38.5 Å². The van der Waals surface area contributed by atoms with Gasteiger partial charge in [-0.05, 0) is 18.8 Å². The maximum absolute atomic E-state index is 11.9. The van der Waals surface area contributed by atoms with E-state index in [-0.39, 0.29) is 18.4 Å². The van der Waals surface area contributed by atoms with Gasteiger partial charge in [-0.3, -0.25) is 9.59 Å². The van der Waals surface area contributed by atoms with Gasteiger partial charge in [-0.2, -0.15) is 0 Å². The Morgan fingerprint density at radius 2 is 2.06 bits per heavy atom. The Bertz CT molecular complexity index is 298. The van der Waals surface area contributed by atoms with Crippen molar-refractivity contribution >= 4 is 11.8 Å². The first-order valence-corrected chi connectivity index (χ1v) is 7.30. The van der Waals surface area contributed by atoms with E-state index >= 15 is 0 Å². The second kappa shape index (κ2) is 6.76. The highest BCUT2D eigenvalue weighted by Crippen LogP contribution is 2.27. The molecule has 18 heavy (non-hydrogen) atoms. The summed E-state index contributed by atoms with van der Waals surface area (Å²) in [5, 5.41) is 2.74. The van der Waals surface area contributed by atoms with E-state index in [2.05, 4.69) is 5.32 Å². The lowest BCUT2D eigenvalue weighted by molar-refractivity contribution is -0.138. The third kappa shape index (κ3) is 4.00. The van der Waals surface area contributed by atoms with Crippen LogP contribution in [0.4, 0.5) is 0 Å². The number of piperazine rings is 1. The lowest BCUT2D eigenvalue weighted by Crippen LogP contribution is -2.49. The molecule has 4 heteroatoms. The number of carbonyl (C=O) groups is 2. The largest absolute Gasteiger partial charge is 0.353 e. The van der Waals surface area contributed by atoms with Gasteiger partial charge < -0.3 is 10.2 Å². The summed E-state index contributed by atoms with van der Waals surface area (Å²) in [5.74, 6) is 0.971. The topological polar surface area (TPSA) is 49.4 Å².